The van der Waals surface area contributed by atoms with E-state index in [-0.39, 0.29) is 28.9 Å². The molecular weight excluding hydrogens is 501 g/mol. The third-order valence-electron chi connectivity index (χ3n) is 6.41. The van der Waals surface area contributed by atoms with E-state index >= 15 is 13.2 Å². The van der Waals surface area contributed by atoms with Crippen molar-refractivity contribution in [3.8, 4) is 11.8 Å². The molecule has 1 atom stereocenters. The van der Waals surface area contributed by atoms with Crippen LogP contribution in [0.1, 0.15) is 22.5 Å². The fraction of sp³-hybridized carbons (Fsp3) is 0.385. The van der Waals surface area contributed by atoms with E-state index in [9.17, 15) is 10.4 Å². The molecular formula is C26H29F3N4O3Si. The van der Waals surface area contributed by atoms with Crippen molar-refractivity contribution in [3.05, 3.63) is 59.0 Å². The normalized spacial score (nSPS) is 14.2. The third-order valence-corrected chi connectivity index (χ3v) is 8.12. The number of benzene rings is 2. The lowest BCUT2D eigenvalue weighted by molar-refractivity contribution is -0.252. The first-order valence-electron chi connectivity index (χ1n) is 11.7. The fourth-order valence-corrected chi connectivity index (χ4v) is 5.19. The van der Waals surface area contributed by atoms with Crippen LogP contribution in [0.4, 0.5) is 13.2 Å². The highest BCUT2D eigenvalue weighted by atomic mass is 28.3. The number of hydrogen-bond donors (Lipinski definition) is 2. The number of ether oxygens (including phenoxy) is 2. The Hall–Kier alpha value is -3.33. The van der Waals surface area contributed by atoms with Crippen LogP contribution in [0.2, 0.25) is 25.7 Å². The average molecular weight is 531 g/mol. The summed E-state index contributed by atoms with van der Waals surface area (Å²) in [5.41, 5.74) is -2.24. The SMILES string of the molecule is COc1cc(C)c2[nH]ccc2c1C(O)(c1nc2cc(C#N)ccc2n1COCC[Si](C)(C)C)C(F)(F)F. The van der Waals surface area contributed by atoms with Crippen LogP contribution >= 0.6 is 0 Å². The van der Waals surface area contributed by atoms with Crippen molar-refractivity contribution >= 4 is 30.0 Å². The van der Waals surface area contributed by atoms with Gasteiger partial charge in [-0.15, -0.1) is 0 Å². The molecule has 7 nitrogen and oxygen atoms in total. The van der Waals surface area contributed by atoms with Gasteiger partial charge in [-0.25, -0.2) is 4.98 Å². The smallest absolute Gasteiger partial charge is 0.429 e. The Bertz CT molecular complexity index is 1500. The minimum Gasteiger partial charge on any atom is -0.496 e. The molecule has 1 unspecified atom stereocenters. The molecule has 0 saturated carbocycles. The van der Waals surface area contributed by atoms with Crippen molar-refractivity contribution in [3.63, 3.8) is 0 Å². The molecule has 2 aromatic heterocycles. The second kappa shape index (κ2) is 9.52. The number of imidazole rings is 1. The van der Waals surface area contributed by atoms with Crippen LogP contribution in [0.15, 0.2) is 36.5 Å². The van der Waals surface area contributed by atoms with Gasteiger partial charge in [0.15, 0.2) is 5.82 Å². The van der Waals surface area contributed by atoms with E-state index in [0.717, 1.165) is 6.04 Å². The quantitative estimate of drug-likeness (QED) is 0.221. The number of aliphatic hydroxyl groups is 1. The number of aromatic amines is 1. The molecule has 0 aliphatic carbocycles. The Morgan fingerprint density at radius 3 is 2.54 bits per heavy atom. The number of H-pyrrole nitrogens is 1. The van der Waals surface area contributed by atoms with E-state index in [0.29, 0.717) is 23.2 Å². The maximum atomic E-state index is 15.1. The average Bonchev–Trinajstić information content (AvgIpc) is 3.45. The molecule has 4 rings (SSSR count). The Kier molecular flexibility index (Phi) is 6.87. The molecule has 196 valence electrons. The minimum absolute atomic E-state index is 0.125. The number of nitriles is 1. The van der Waals surface area contributed by atoms with Crippen molar-refractivity contribution in [2.45, 2.75) is 51.1 Å². The first-order chi connectivity index (χ1) is 17.3. The zero-order valence-electron chi connectivity index (χ0n) is 21.3. The van der Waals surface area contributed by atoms with Crippen molar-refractivity contribution in [2.24, 2.45) is 0 Å². The molecule has 4 aromatic rings. The van der Waals surface area contributed by atoms with Gasteiger partial charge in [-0.2, -0.15) is 18.4 Å². The fourth-order valence-electron chi connectivity index (χ4n) is 4.43. The molecule has 0 fully saturated rings. The zero-order valence-corrected chi connectivity index (χ0v) is 22.3. The monoisotopic (exact) mass is 530 g/mol. The number of aryl methyl sites for hydroxylation is 1. The van der Waals surface area contributed by atoms with Gasteiger partial charge in [-0.05, 0) is 48.9 Å². The number of alkyl halides is 3. The van der Waals surface area contributed by atoms with E-state index in [1.165, 1.54) is 48.2 Å². The van der Waals surface area contributed by atoms with E-state index in [1.54, 1.807) is 6.92 Å². The Morgan fingerprint density at radius 2 is 1.92 bits per heavy atom. The number of aromatic nitrogens is 3. The van der Waals surface area contributed by atoms with E-state index in [4.69, 9.17) is 9.47 Å². The highest BCUT2D eigenvalue weighted by molar-refractivity contribution is 6.76. The van der Waals surface area contributed by atoms with Crippen molar-refractivity contribution in [2.75, 3.05) is 13.7 Å². The highest BCUT2D eigenvalue weighted by Gasteiger charge is 2.61. The minimum atomic E-state index is -5.19. The largest absolute Gasteiger partial charge is 0.496 e. The van der Waals surface area contributed by atoms with Gasteiger partial charge < -0.3 is 24.1 Å². The maximum absolute atomic E-state index is 15.1. The Balaban J connectivity index is 2.00. The van der Waals surface area contributed by atoms with Gasteiger partial charge in [0.05, 0.1) is 35.3 Å². The van der Waals surface area contributed by atoms with Gasteiger partial charge in [0, 0.05) is 31.8 Å². The lowest BCUT2D eigenvalue weighted by atomic mass is 9.87. The third kappa shape index (κ3) is 4.72. The van der Waals surface area contributed by atoms with E-state index in [2.05, 4.69) is 29.6 Å². The van der Waals surface area contributed by atoms with Crippen molar-refractivity contribution in [1.29, 1.82) is 5.26 Å². The summed E-state index contributed by atoms with van der Waals surface area (Å²) in [6, 6.07) is 10.1. The predicted octanol–water partition coefficient (Wildman–Crippen LogP) is 5.82. The van der Waals surface area contributed by atoms with Crippen LogP contribution < -0.4 is 4.74 Å². The summed E-state index contributed by atoms with van der Waals surface area (Å²) < 4.78 is 57.6. The summed E-state index contributed by atoms with van der Waals surface area (Å²) in [5, 5.41) is 21.3. The van der Waals surface area contributed by atoms with Gasteiger partial charge in [0.1, 0.15) is 12.5 Å². The molecule has 2 heterocycles. The summed E-state index contributed by atoms with van der Waals surface area (Å²) in [6.45, 7) is 8.35. The summed E-state index contributed by atoms with van der Waals surface area (Å²) in [5.74, 6) is -0.789. The number of nitrogens with zero attached hydrogens (tertiary/aromatic N) is 3. The van der Waals surface area contributed by atoms with Crippen LogP contribution in [-0.2, 0) is 17.1 Å². The molecule has 2 N–H and O–H groups in total. The van der Waals surface area contributed by atoms with E-state index in [1.807, 2.05) is 6.07 Å². The van der Waals surface area contributed by atoms with Crippen molar-refractivity contribution < 1.29 is 27.8 Å². The summed E-state index contributed by atoms with van der Waals surface area (Å²) in [4.78, 5) is 7.21. The number of methoxy groups -OCH3 is 1. The number of halogens is 3. The van der Waals surface area contributed by atoms with Crippen LogP contribution in [0, 0.1) is 18.3 Å². The van der Waals surface area contributed by atoms with Gasteiger partial charge >= 0.3 is 6.18 Å². The lowest BCUT2D eigenvalue weighted by Gasteiger charge is -2.33. The van der Waals surface area contributed by atoms with Crippen LogP contribution in [0.25, 0.3) is 21.9 Å². The molecule has 2 aromatic carbocycles. The molecule has 0 amide bonds. The second-order valence-electron chi connectivity index (χ2n) is 10.3. The van der Waals surface area contributed by atoms with Gasteiger partial charge in [-0.3, -0.25) is 0 Å². The van der Waals surface area contributed by atoms with Gasteiger partial charge in [0.2, 0.25) is 5.60 Å². The Labute approximate surface area is 213 Å². The maximum Gasteiger partial charge on any atom is 0.429 e. The molecule has 0 bridgehead atoms. The molecule has 11 heteroatoms. The summed E-state index contributed by atoms with van der Waals surface area (Å²) in [7, 11) is -0.195. The number of hydrogen-bond acceptors (Lipinski definition) is 5. The first-order valence-corrected chi connectivity index (χ1v) is 15.5. The van der Waals surface area contributed by atoms with Crippen LogP contribution in [0.5, 0.6) is 5.75 Å². The van der Waals surface area contributed by atoms with Gasteiger partial charge in [-0.1, -0.05) is 19.6 Å². The topological polar surface area (TPSA) is 96.1 Å². The first kappa shape index (κ1) is 26.7. The standard InChI is InChI=1S/C26H29F3N4O3Si/c1-16-12-21(35-2)22(18-8-9-31-23(16)18)25(34,26(27,28)29)24-32-19-13-17(14-30)6-7-20(19)33(24)15-36-10-11-37(3,4)5/h6-9,12-13,31,34H,10-11,15H2,1-5H3. The van der Waals surface area contributed by atoms with Crippen LogP contribution in [0.3, 0.4) is 0 Å². The van der Waals surface area contributed by atoms with Crippen molar-refractivity contribution in [1.82, 2.24) is 14.5 Å². The van der Waals surface area contributed by atoms with E-state index < -0.39 is 31.2 Å². The molecule has 0 saturated heterocycles. The molecule has 37 heavy (non-hydrogen) atoms. The molecule has 0 aliphatic rings. The highest BCUT2D eigenvalue weighted by Crippen LogP contribution is 2.50. The van der Waals surface area contributed by atoms with Gasteiger partial charge in [0.25, 0.3) is 0 Å². The zero-order chi connectivity index (χ0) is 27.2. The summed E-state index contributed by atoms with van der Waals surface area (Å²) in [6.07, 6.45) is -3.67. The number of fused-ring (bicyclic) bond motifs is 2. The molecule has 0 aliphatic heterocycles. The predicted molar refractivity (Wildman–Crippen MR) is 137 cm³/mol. The second-order valence-corrected chi connectivity index (χ2v) is 15.9. The lowest BCUT2D eigenvalue weighted by Crippen LogP contribution is -2.46. The Morgan fingerprint density at radius 1 is 1.19 bits per heavy atom. The molecule has 0 spiro atoms. The number of rotatable bonds is 8. The number of nitrogens with one attached hydrogen (secondary N) is 1. The van der Waals surface area contributed by atoms with Crippen LogP contribution in [-0.4, -0.2) is 47.6 Å². The molecule has 0 radical (unpaired) electrons. The summed E-state index contributed by atoms with van der Waals surface area (Å²) >= 11 is 0.